The number of carbonyl (C=O) groups excluding carboxylic acids is 1. The van der Waals surface area contributed by atoms with Gasteiger partial charge < -0.3 is 15.8 Å². The van der Waals surface area contributed by atoms with Crippen LogP contribution in [0.4, 0.5) is 5.69 Å². The third-order valence-electron chi connectivity index (χ3n) is 3.63. The minimum Gasteiger partial charge on any atom is -0.395 e. The fraction of sp³-hybridized carbons (Fsp3) is 0.636. The minimum atomic E-state index is -0.215. The van der Waals surface area contributed by atoms with Crippen molar-refractivity contribution < 1.29 is 9.53 Å². The van der Waals surface area contributed by atoms with Gasteiger partial charge in [-0.1, -0.05) is 0 Å². The number of fused-ring (bicyclic) bond motifs is 2. The highest BCUT2D eigenvalue weighted by Crippen LogP contribution is 2.34. The van der Waals surface area contributed by atoms with E-state index < -0.39 is 0 Å². The van der Waals surface area contributed by atoms with Crippen LogP contribution in [-0.4, -0.2) is 34.4 Å². The summed E-state index contributed by atoms with van der Waals surface area (Å²) in [4.78, 5) is 12.0. The number of nitrogens with two attached hydrogens (primary N) is 1. The van der Waals surface area contributed by atoms with Crippen molar-refractivity contribution >= 4 is 11.6 Å². The van der Waals surface area contributed by atoms with Gasteiger partial charge in [-0.3, -0.25) is 9.89 Å². The normalized spacial score (nSPS) is 30.8. The summed E-state index contributed by atoms with van der Waals surface area (Å²) in [6.07, 6.45) is 3.54. The van der Waals surface area contributed by atoms with Crippen molar-refractivity contribution in [3.05, 3.63) is 11.4 Å². The first kappa shape index (κ1) is 10.6. The van der Waals surface area contributed by atoms with Crippen LogP contribution in [0.3, 0.4) is 0 Å². The quantitative estimate of drug-likeness (QED) is 0.690. The SMILES string of the molecule is Cc1[nH]nc(C(=O)NC2CC3CCC2O3)c1N. The maximum Gasteiger partial charge on any atom is 0.274 e. The first-order chi connectivity index (χ1) is 8.15. The van der Waals surface area contributed by atoms with Crippen molar-refractivity contribution in [2.45, 2.75) is 44.4 Å². The van der Waals surface area contributed by atoms with Gasteiger partial charge in [0.25, 0.3) is 5.91 Å². The molecule has 1 aromatic heterocycles. The number of nitrogens with one attached hydrogen (secondary N) is 2. The molecule has 2 saturated heterocycles. The smallest absolute Gasteiger partial charge is 0.274 e. The van der Waals surface area contributed by atoms with Gasteiger partial charge in [0.15, 0.2) is 5.69 Å². The molecule has 3 unspecified atom stereocenters. The Morgan fingerprint density at radius 1 is 1.59 bits per heavy atom. The Balaban J connectivity index is 1.70. The van der Waals surface area contributed by atoms with Crippen molar-refractivity contribution in [3.8, 4) is 0 Å². The lowest BCUT2D eigenvalue weighted by Gasteiger charge is -2.19. The number of aromatic nitrogens is 2. The van der Waals surface area contributed by atoms with E-state index in [1.165, 1.54) is 0 Å². The fourth-order valence-electron chi connectivity index (χ4n) is 2.64. The number of hydrogen-bond donors (Lipinski definition) is 3. The maximum atomic E-state index is 12.0. The Hall–Kier alpha value is -1.56. The molecule has 1 amide bonds. The van der Waals surface area contributed by atoms with Crippen molar-refractivity contribution in [2.75, 3.05) is 5.73 Å². The van der Waals surface area contributed by atoms with Gasteiger partial charge in [-0.25, -0.2) is 0 Å². The fourth-order valence-corrected chi connectivity index (χ4v) is 2.64. The lowest BCUT2D eigenvalue weighted by atomic mass is 9.95. The molecule has 2 aliphatic heterocycles. The molecule has 0 saturated carbocycles. The van der Waals surface area contributed by atoms with Crippen LogP contribution in [0.1, 0.15) is 35.4 Å². The van der Waals surface area contributed by atoms with Crippen LogP contribution in [0.5, 0.6) is 0 Å². The predicted octanol–water partition coefficient (Wildman–Crippen LogP) is 0.350. The number of carbonyl (C=O) groups is 1. The third kappa shape index (κ3) is 1.68. The second-order valence-electron chi connectivity index (χ2n) is 4.80. The lowest BCUT2D eigenvalue weighted by molar-refractivity contribution is 0.0838. The summed E-state index contributed by atoms with van der Waals surface area (Å²) >= 11 is 0. The minimum absolute atomic E-state index is 0.109. The molecule has 0 aliphatic carbocycles. The molecule has 6 nitrogen and oxygen atoms in total. The highest BCUT2D eigenvalue weighted by atomic mass is 16.5. The van der Waals surface area contributed by atoms with E-state index in [1.807, 2.05) is 0 Å². The van der Waals surface area contributed by atoms with E-state index in [9.17, 15) is 4.79 Å². The van der Waals surface area contributed by atoms with E-state index in [-0.39, 0.29) is 23.7 Å². The van der Waals surface area contributed by atoms with Gasteiger partial charge in [0.2, 0.25) is 0 Å². The zero-order chi connectivity index (χ0) is 12.0. The Kier molecular flexibility index (Phi) is 2.32. The summed E-state index contributed by atoms with van der Waals surface area (Å²) in [6, 6.07) is 0.109. The molecule has 3 heterocycles. The standard InChI is InChI=1S/C11H16N4O2/c1-5-9(12)10(15-14-5)11(16)13-7-4-6-2-3-8(7)17-6/h6-8H,2-4,12H2,1H3,(H,13,16)(H,14,15). The first-order valence-corrected chi connectivity index (χ1v) is 5.92. The van der Waals surface area contributed by atoms with Crippen molar-refractivity contribution in [2.24, 2.45) is 0 Å². The van der Waals surface area contributed by atoms with Gasteiger partial charge in [-0.2, -0.15) is 5.10 Å². The Morgan fingerprint density at radius 2 is 2.41 bits per heavy atom. The van der Waals surface area contributed by atoms with E-state index in [2.05, 4.69) is 15.5 Å². The average molecular weight is 236 g/mol. The van der Waals surface area contributed by atoms with Gasteiger partial charge in [0, 0.05) is 0 Å². The Labute approximate surface area is 98.9 Å². The molecule has 6 heteroatoms. The molecular weight excluding hydrogens is 220 g/mol. The summed E-state index contributed by atoms with van der Waals surface area (Å²) < 4.78 is 5.68. The maximum absolute atomic E-state index is 12.0. The Bertz CT molecular complexity index is 456. The van der Waals surface area contributed by atoms with E-state index >= 15 is 0 Å². The van der Waals surface area contributed by atoms with E-state index in [4.69, 9.17) is 10.5 Å². The number of nitrogens with zero attached hydrogens (tertiary/aromatic N) is 1. The number of hydrogen-bond acceptors (Lipinski definition) is 4. The number of nitrogen functional groups attached to an aromatic ring is 1. The van der Waals surface area contributed by atoms with Gasteiger partial charge in [-0.05, 0) is 26.2 Å². The van der Waals surface area contributed by atoms with E-state index in [0.717, 1.165) is 25.0 Å². The largest absolute Gasteiger partial charge is 0.395 e. The topological polar surface area (TPSA) is 93.0 Å². The summed E-state index contributed by atoms with van der Waals surface area (Å²) in [5, 5.41) is 9.58. The molecule has 2 aliphatic rings. The molecule has 4 N–H and O–H groups in total. The number of aromatic amines is 1. The monoisotopic (exact) mass is 236 g/mol. The predicted molar refractivity (Wildman–Crippen MR) is 61.5 cm³/mol. The number of H-pyrrole nitrogens is 1. The number of rotatable bonds is 2. The molecule has 1 aromatic rings. The molecule has 2 bridgehead atoms. The van der Waals surface area contributed by atoms with Crippen molar-refractivity contribution in [1.82, 2.24) is 15.5 Å². The molecule has 0 spiro atoms. The molecule has 3 atom stereocenters. The molecule has 3 rings (SSSR count). The zero-order valence-corrected chi connectivity index (χ0v) is 9.69. The van der Waals surface area contributed by atoms with Crippen LogP contribution in [0.15, 0.2) is 0 Å². The van der Waals surface area contributed by atoms with Crippen LogP contribution < -0.4 is 11.1 Å². The number of amides is 1. The van der Waals surface area contributed by atoms with E-state index in [1.54, 1.807) is 6.92 Å². The average Bonchev–Trinajstić information content (AvgIpc) is 2.96. The highest BCUT2D eigenvalue weighted by molar-refractivity contribution is 5.97. The van der Waals surface area contributed by atoms with Crippen LogP contribution in [-0.2, 0) is 4.74 Å². The van der Waals surface area contributed by atoms with Crippen molar-refractivity contribution in [1.29, 1.82) is 0 Å². The van der Waals surface area contributed by atoms with Gasteiger partial charge in [-0.15, -0.1) is 0 Å². The van der Waals surface area contributed by atoms with Gasteiger partial charge in [0.05, 0.1) is 29.6 Å². The van der Waals surface area contributed by atoms with E-state index in [0.29, 0.717) is 11.8 Å². The van der Waals surface area contributed by atoms with Crippen LogP contribution >= 0.6 is 0 Å². The van der Waals surface area contributed by atoms with Crippen molar-refractivity contribution in [3.63, 3.8) is 0 Å². The molecule has 92 valence electrons. The summed E-state index contributed by atoms with van der Waals surface area (Å²) in [7, 11) is 0. The second kappa shape index (κ2) is 3.73. The second-order valence-corrected chi connectivity index (χ2v) is 4.80. The van der Waals surface area contributed by atoms with Gasteiger partial charge in [0.1, 0.15) is 0 Å². The Morgan fingerprint density at radius 3 is 2.94 bits per heavy atom. The van der Waals surface area contributed by atoms with Crippen LogP contribution in [0.25, 0.3) is 0 Å². The van der Waals surface area contributed by atoms with Crippen LogP contribution in [0, 0.1) is 6.92 Å². The number of anilines is 1. The summed E-state index contributed by atoms with van der Waals surface area (Å²) in [5.74, 6) is -0.215. The molecule has 2 fully saturated rings. The number of aryl methyl sites for hydroxylation is 1. The highest BCUT2D eigenvalue weighted by Gasteiger charge is 2.41. The first-order valence-electron chi connectivity index (χ1n) is 5.92. The van der Waals surface area contributed by atoms with Crippen LogP contribution in [0.2, 0.25) is 0 Å². The molecular formula is C11H16N4O2. The summed E-state index contributed by atoms with van der Waals surface area (Å²) in [6.45, 7) is 1.79. The van der Waals surface area contributed by atoms with Gasteiger partial charge >= 0.3 is 0 Å². The number of ether oxygens (including phenoxy) is 1. The third-order valence-corrected chi connectivity index (χ3v) is 3.63. The summed E-state index contributed by atoms with van der Waals surface area (Å²) in [5.41, 5.74) is 7.19. The lowest BCUT2D eigenvalue weighted by Crippen LogP contribution is -2.41. The molecule has 0 radical (unpaired) electrons. The molecule has 17 heavy (non-hydrogen) atoms. The zero-order valence-electron chi connectivity index (χ0n) is 9.69. The molecule has 0 aromatic carbocycles.